The molecule has 366 valence electrons. The van der Waals surface area contributed by atoms with Crippen molar-refractivity contribution in [3.63, 3.8) is 0 Å². The van der Waals surface area contributed by atoms with Gasteiger partial charge in [-0.3, -0.25) is 9.59 Å². The Morgan fingerprint density at radius 1 is 0.492 bits per heavy atom. The summed E-state index contributed by atoms with van der Waals surface area (Å²) in [5, 5.41) is 40.2. The summed E-state index contributed by atoms with van der Waals surface area (Å²) in [5.41, 5.74) is 0. The molecule has 1 heterocycles. The zero-order valence-electron chi connectivity index (χ0n) is 40.1. The minimum Gasteiger partial charge on any atom is -0.462 e. The van der Waals surface area contributed by atoms with E-state index >= 15 is 0 Å². The highest BCUT2D eigenvalue weighted by molar-refractivity contribution is 5.70. The van der Waals surface area contributed by atoms with Crippen molar-refractivity contribution in [2.75, 3.05) is 19.8 Å². The molecular formula is C53H94O10. The molecule has 2 unspecified atom stereocenters. The van der Waals surface area contributed by atoms with Crippen LogP contribution < -0.4 is 0 Å². The molecule has 0 saturated carbocycles. The van der Waals surface area contributed by atoms with Gasteiger partial charge in [-0.05, 0) is 70.6 Å². The maximum atomic E-state index is 12.8. The Hall–Kier alpha value is -2.34. The van der Waals surface area contributed by atoms with E-state index in [0.29, 0.717) is 12.8 Å². The monoisotopic (exact) mass is 891 g/mol. The number of rotatable bonds is 43. The first kappa shape index (κ1) is 58.7. The number of hydrogen-bond acceptors (Lipinski definition) is 10. The number of aliphatic hydroxyl groups is 4. The van der Waals surface area contributed by atoms with Crippen LogP contribution in [0.4, 0.5) is 0 Å². The van der Waals surface area contributed by atoms with Crippen molar-refractivity contribution in [3.05, 3.63) is 48.6 Å². The molecule has 0 bridgehead atoms. The van der Waals surface area contributed by atoms with Crippen LogP contribution in [0.5, 0.6) is 0 Å². The standard InChI is InChI=1S/C53H94O10/c1-3-5-7-9-11-13-15-17-19-20-21-22-23-24-25-26-28-29-31-33-35-37-39-41-48(55)60-44-46(45-61-53-52(59)51(58)50(57)47(43-54)63-53)62-49(56)42-40-38-36-34-32-30-27-18-16-14-12-10-8-6-4-2/h12,14,18,27,32-35,46-47,50-54,57-59H,3-11,13,15-17,19-26,28-31,36-45H2,1-2H3/b14-12+,27-18+,34-32+,35-33+/t46-,47-,50+,51?,52?,53-/m0/s1. The fraction of sp³-hybridized carbons (Fsp3) is 0.811. The molecule has 0 spiro atoms. The second-order valence-corrected chi connectivity index (χ2v) is 17.6. The molecule has 1 saturated heterocycles. The third-order valence-corrected chi connectivity index (χ3v) is 11.7. The minimum atomic E-state index is -1.61. The maximum Gasteiger partial charge on any atom is 0.306 e. The molecular weight excluding hydrogens is 797 g/mol. The van der Waals surface area contributed by atoms with E-state index in [1.165, 1.54) is 135 Å². The van der Waals surface area contributed by atoms with Crippen LogP contribution in [0.3, 0.4) is 0 Å². The summed E-state index contributed by atoms with van der Waals surface area (Å²) in [4.78, 5) is 25.4. The number of carbonyl (C=O) groups is 2. The summed E-state index contributed by atoms with van der Waals surface area (Å²) in [5.74, 6) is -0.885. The fourth-order valence-electron chi connectivity index (χ4n) is 7.61. The Morgan fingerprint density at radius 2 is 0.905 bits per heavy atom. The SMILES string of the molecule is CCCCC/C=C/C/C=C/C/C=C/CCCCC(=O)O[C@@H](COC(=O)CCC/C=C/CCCCCCCCCCCCCCCCCCCC)CO[C@H]1O[C@@H](CO)[C@@H](O)C(O)C1O. The van der Waals surface area contributed by atoms with E-state index in [-0.39, 0.29) is 26.1 Å². The van der Waals surface area contributed by atoms with Gasteiger partial charge in [0.2, 0.25) is 0 Å². The lowest BCUT2D eigenvalue weighted by Crippen LogP contribution is -2.59. The molecule has 6 atom stereocenters. The molecule has 1 fully saturated rings. The van der Waals surface area contributed by atoms with Crippen molar-refractivity contribution in [2.45, 2.75) is 256 Å². The quantitative estimate of drug-likeness (QED) is 0.0264. The molecule has 0 aromatic rings. The average Bonchev–Trinajstić information content (AvgIpc) is 3.28. The first-order valence-electron chi connectivity index (χ1n) is 25.7. The normalized spacial score (nSPS) is 19.9. The van der Waals surface area contributed by atoms with Crippen LogP contribution in [0.1, 0.15) is 219 Å². The fourth-order valence-corrected chi connectivity index (χ4v) is 7.61. The van der Waals surface area contributed by atoms with E-state index in [4.69, 9.17) is 18.9 Å². The molecule has 0 aromatic heterocycles. The van der Waals surface area contributed by atoms with Gasteiger partial charge in [-0.25, -0.2) is 0 Å². The summed E-state index contributed by atoms with van der Waals surface area (Å²) in [6.07, 6.45) is 45.7. The zero-order valence-corrected chi connectivity index (χ0v) is 40.1. The van der Waals surface area contributed by atoms with Gasteiger partial charge in [0.25, 0.3) is 0 Å². The van der Waals surface area contributed by atoms with Crippen LogP contribution in [-0.2, 0) is 28.5 Å². The molecule has 0 amide bonds. The Labute approximate surface area is 384 Å². The van der Waals surface area contributed by atoms with Crippen LogP contribution in [0, 0.1) is 0 Å². The Morgan fingerprint density at radius 3 is 1.43 bits per heavy atom. The number of carbonyl (C=O) groups excluding carboxylic acids is 2. The molecule has 10 nitrogen and oxygen atoms in total. The summed E-state index contributed by atoms with van der Waals surface area (Å²) < 4.78 is 22.1. The molecule has 63 heavy (non-hydrogen) atoms. The van der Waals surface area contributed by atoms with E-state index in [0.717, 1.165) is 44.9 Å². The van der Waals surface area contributed by atoms with Gasteiger partial charge in [0.15, 0.2) is 12.4 Å². The summed E-state index contributed by atoms with van der Waals surface area (Å²) in [6, 6.07) is 0. The highest BCUT2D eigenvalue weighted by Gasteiger charge is 2.44. The van der Waals surface area contributed by atoms with Gasteiger partial charge >= 0.3 is 11.9 Å². The average molecular weight is 891 g/mol. The van der Waals surface area contributed by atoms with Crippen molar-refractivity contribution in [3.8, 4) is 0 Å². The summed E-state index contributed by atoms with van der Waals surface area (Å²) in [7, 11) is 0. The number of esters is 2. The summed E-state index contributed by atoms with van der Waals surface area (Å²) >= 11 is 0. The third-order valence-electron chi connectivity index (χ3n) is 11.7. The van der Waals surface area contributed by atoms with Gasteiger partial charge in [-0.15, -0.1) is 0 Å². The van der Waals surface area contributed by atoms with Gasteiger partial charge in [-0.2, -0.15) is 0 Å². The van der Waals surface area contributed by atoms with E-state index in [1.54, 1.807) is 0 Å². The lowest BCUT2D eigenvalue weighted by molar-refractivity contribution is -0.305. The van der Waals surface area contributed by atoms with E-state index < -0.39 is 55.4 Å². The number of ether oxygens (including phenoxy) is 4. The smallest absolute Gasteiger partial charge is 0.306 e. The molecule has 10 heteroatoms. The second-order valence-electron chi connectivity index (χ2n) is 17.6. The molecule has 1 aliphatic heterocycles. The number of aliphatic hydroxyl groups excluding tert-OH is 4. The Kier molecular flexibility index (Phi) is 40.6. The van der Waals surface area contributed by atoms with Crippen LogP contribution >= 0.6 is 0 Å². The molecule has 1 aliphatic rings. The molecule has 0 radical (unpaired) electrons. The van der Waals surface area contributed by atoms with Crippen molar-refractivity contribution in [2.24, 2.45) is 0 Å². The van der Waals surface area contributed by atoms with Crippen molar-refractivity contribution < 1.29 is 49.0 Å². The van der Waals surface area contributed by atoms with Crippen LogP contribution in [-0.4, -0.2) is 89.0 Å². The van der Waals surface area contributed by atoms with Gasteiger partial charge in [0.05, 0.1) is 13.2 Å². The first-order chi connectivity index (χ1) is 30.8. The predicted molar refractivity (Wildman–Crippen MR) is 256 cm³/mol. The van der Waals surface area contributed by atoms with Gasteiger partial charge in [0, 0.05) is 12.8 Å². The van der Waals surface area contributed by atoms with E-state index in [9.17, 15) is 30.0 Å². The Balaban J connectivity index is 2.27. The highest BCUT2D eigenvalue weighted by atomic mass is 16.7. The van der Waals surface area contributed by atoms with Gasteiger partial charge in [-0.1, -0.05) is 184 Å². The lowest BCUT2D eigenvalue weighted by atomic mass is 9.99. The topological polar surface area (TPSA) is 152 Å². The van der Waals surface area contributed by atoms with Crippen molar-refractivity contribution in [1.82, 2.24) is 0 Å². The van der Waals surface area contributed by atoms with Gasteiger partial charge in [0.1, 0.15) is 31.0 Å². The molecule has 1 rings (SSSR count). The third kappa shape index (κ3) is 34.6. The van der Waals surface area contributed by atoms with Crippen LogP contribution in [0.25, 0.3) is 0 Å². The Bertz CT molecular complexity index is 1170. The van der Waals surface area contributed by atoms with E-state index in [2.05, 4.69) is 62.5 Å². The highest BCUT2D eigenvalue weighted by Crippen LogP contribution is 2.23. The van der Waals surface area contributed by atoms with Crippen molar-refractivity contribution in [1.29, 1.82) is 0 Å². The predicted octanol–water partition coefficient (Wildman–Crippen LogP) is 12.0. The van der Waals surface area contributed by atoms with Crippen LogP contribution in [0.2, 0.25) is 0 Å². The maximum absolute atomic E-state index is 12.8. The molecule has 4 N–H and O–H groups in total. The minimum absolute atomic E-state index is 0.175. The summed E-state index contributed by atoms with van der Waals surface area (Å²) in [6.45, 7) is 3.35. The molecule has 0 aliphatic carbocycles. The second kappa shape index (κ2) is 43.5. The van der Waals surface area contributed by atoms with Crippen molar-refractivity contribution >= 4 is 11.9 Å². The largest absolute Gasteiger partial charge is 0.462 e. The first-order valence-corrected chi connectivity index (χ1v) is 25.7. The lowest BCUT2D eigenvalue weighted by Gasteiger charge is -2.39. The van der Waals surface area contributed by atoms with Gasteiger partial charge < -0.3 is 39.4 Å². The number of unbranched alkanes of at least 4 members (excludes halogenated alkanes) is 24. The molecule has 0 aromatic carbocycles. The number of hydrogen-bond donors (Lipinski definition) is 4. The van der Waals surface area contributed by atoms with E-state index in [1.807, 2.05) is 0 Å². The zero-order chi connectivity index (χ0) is 45.9. The number of allylic oxidation sites excluding steroid dienone is 8. The van der Waals surface area contributed by atoms with Crippen LogP contribution in [0.15, 0.2) is 48.6 Å².